The number of benzene rings is 1. The summed E-state index contributed by atoms with van der Waals surface area (Å²) in [5.41, 5.74) is 1.05. The third-order valence-electron chi connectivity index (χ3n) is 3.32. The van der Waals surface area contributed by atoms with Crippen LogP contribution in [0.15, 0.2) is 24.3 Å². The van der Waals surface area contributed by atoms with E-state index in [9.17, 15) is 9.90 Å². The lowest BCUT2D eigenvalue weighted by Gasteiger charge is -2.28. The number of nitrogens with one attached hydrogen (secondary N) is 1. The zero-order chi connectivity index (χ0) is 13.0. The van der Waals surface area contributed by atoms with Crippen LogP contribution in [0.2, 0.25) is 0 Å². The number of aliphatic hydroxyl groups is 1. The summed E-state index contributed by atoms with van der Waals surface area (Å²) < 4.78 is 0. The second kappa shape index (κ2) is 5.65. The van der Waals surface area contributed by atoms with Gasteiger partial charge in [0.25, 0.3) is 5.91 Å². The Hall–Kier alpha value is -1.86. The summed E-state index contributed by atoms with van der Waals surface area (Å²) in [6.45, 7) is 0. The molecule has 4 nitrogen and oxygen atoms in total. The van der Waals surface area contributed by atoms with Gasteiger partial charge in [-0.25, -0.2) is 0 Å². The van der Waals surface area contributed by atoms with Crippen molar-refractivity contribution in [3.8, 4) is 6.07 Å². The smallest absolute Gasteiger partial charge is 0.251 e. The van der Waals surface area contributed by atoms with Crippen LogP contribution in [0.5, 0.6) is 0 Å². The van der Waals surface area contributed by atoms with Crippen LogP contribution in [0.3, 0.4) is 0 Å². The van der Waals surface area contributed by atoms with Gasteiger partial charge in [-0.3, -0.25) is 4.79 Å². The Labute approximate surface area is 106 Å². The quantitative estimate of drug-likeness (QED) is 0.829. The van der Waals surface area contributed by atoms with Gasteiger partial charge >= 0.3 is 0 Å². The molecule has 0 heterocycles. The van der Waals surface area contributed by atoms with E-state index in [1.807, 2.05) is 6.07 Å². The van der Waals surface area contributed by atoms with Gasteiger partial charge in [0.05, 0.1) is 23.8 Å². The summed E-state index contributed by atoms with van der Waals surface area (Å²) in [6.07, 6.45) is 3.18. The molecule has 2 unspecified atom stereocenters. The van der Waals surface area contributed by atoms with Gasteiger partial charge in [-0.1, -0.05) is 12.8 Å². The van der Waals surface area contributed by atoms with Crippen LogP contribution in [0.1, 0.15) is 41.6 Å². The van der Waals surface area contributed by atoms with E-state index < -0.39 is 6.10 Å². The van der Waals surface area contributed by atoms with E-state index in [0.717, 1.165) is 25.7 Å². The molecule has 18 heavy (non-hydrogen) atoms. The maximum atomic E-state index is 12.0. The zero-order valence-electron chi connectivity index (χ0n) is 10.1. The van der Waals surface area contributed by atoms with E-state index in [4.69, 9.17) is 5.26 Å². The lowest BCUT2D eigenvalue weighted by Crippen LogP contribution is -2.45. The molecule has 1 aliphatic rings. The topological polar surface area (TPSA) is 73.1 Å². The van der Waals surface area contributed by atoms with Crippen LogP contribution >= 0.6 is 0 Å². The molecular formula is C14H16N2O2. The van der Waals surface area contributed by atoms with Gasteiger partial charge in [-0.15, -0.1) is 0 Å². The Morgan fingerprint density at radius 3 is 2.56 bits per heavy atom. The molecule has 1 aliphatic carbocycles. The lowest BCUT2D eigenvalue weighted by atomic mass is 9.92. The lowest BCUT2D eigenvalue weighted by molar-refractivity contribution is 0.0717. The van der Waals surface area contributed by atoms with Crippen molar-refractivity contribution in [1.29, 1.82) is 5.26 Å². The van der Waals surface area contributed by atoms with Gasteiger partial charge < -0.3 is 10.4 Å². The minimum atomic E-state index is -0.443. The van der Waals surface area contributed by atoms with E-state index >= 15 is 0 Å². The molecule has 0 radical (unpaired) electrons. The molecule has 1 saturated carbocycles. The second-order valence-electron chi connectivity index (χ2n) is 4.62. The summed E-state index contributed by atoms with van der Waals surface area (Å²) in [6, 6.07) is 8.35. The Bertz CT molecular complexity index is 462. The number of rotatable bonds is 2. The first-order chi connectivity index (χ1) is 8.70. The van der Waals surface area contributed by atoms with E-state index in [-0.39, 0.29) is 11.9 Å². The van der Waals surface area contributed by atoms with Crippen molar-refractivity contribution in [2.75, 3.05) is 0 Å². The van der Waals surface area contributed by atoms with Crippen molar-refractivity contribution in [2.45, 2.75) is 37.8 Å². The number of carbonyl (C=O) groups is 1. The molecule has 1 aromatic rings. The highest BCUT2D eigenvalue weighted by atomic mass is 16.3. The van der Waals surface area contributed by atoms with Crippen LogP contribution in [0.25, 0.3) is 0 Å². The maximum Gasteiger partial charge on any atom is 0.251 e. The standard InChI is InChI=1S/C14H16N2O2/c15-9-10-5-7-11(8-6-10)14(18)16-12-3-1-2-4-13(12)17/h5-8,12-13,17H,1-4H2,(H,16,18). The van der Waals surface area contributed by atoms with Gasteiger partial charge in [-0.05, 0) is 37.1 Å². The first-order valence-corrected chi connectivity index (χ1v) is 6.20. The van der Waals surface area contributed by atoms with Gasteiger partial charge in [0, 0.05) is 5.56 Å². The van der Waals surface area contributed by atoms with Crippen LogP contribution in [0, 0.1) is 11.3 Å². The van der Waals surface area contributed by atoms with Crippen molar-refractivity contribution in [1.82, 2.24) is 5.32 Å². The predicted octanol–water partition coefficient (Wildman–Crippen LogP) is 1.59. The Kier molecular flexibility index (Phi) is 3.96. The van der Waals surface area contributed by atoms with E-state index in [2.05, 4.69) is 5.32 Å². The summed E-state index contributed by atoms with van der Waals surface area (Å²) in [7, 11) is 0. The molecule has 0 saturated heterocycles. The number of aliphatic hydroxyl groups excluding tert-OH is 1. The fraction of sp³-hybridized carbons (Fsp3) is 0.429. The summed E-state index contributed by atoms with van der Waals surface area (Å²) in [5.74, 6) is -0.189. The molecule has 0 aromatic heterocycles. The van der Waals surface area contributed by atoms with Gasteiger partial charge in [0.15, 0.2) is 0 Å². The highest BCUT2D eigenvalue weighted by Gasteiger charge is 2.24. The van der Waals surface area contributed by atoms with Crippen molar-refractivity contribution in [3.63, 3.8) is 0 Å². The van der Waals surface area contributed by atoms with Crippen molar-refractivity contribution < 1.29 is 9.90 Å². The van der Waals surface area contributed by atoms with Crippen LogP contribution in [-0.4, -0.2) is 23.2 Å². The third-order valence-corrected chi connectivity index (χ3v) is 3.32. The second-order valence-corrected chi connectivity index (χ2v) is 4.62. The molecule has 1 amide bonds. The molecular weight excluding hydrogens is 228 g/mol. The molecule has 2 N–H and O–H groups in total. The molecule has 94 valence electrons. The number of hydrogen-bond donors (Lipinski definition) is 2. The van der Waals surface area contributed by atoms with E-state index in [1.54, 1.807) is 24.3 Å². The van der Waals surface area contributed by atoms with E-state index in [1.165, 1.54) is 0 Å². The molecule has 0 spiro atoms. The molecule has 1 fully saturated rings. The number of nitriles is 1. The Morgan fingerprint density at radius 1 is 1.28 bits per heavy atom. The monoisotopic (exact) mass is 244 g/mol. The van der Waals surface area contributed by atoms with Crippen molar-refractivity contribution in [3.05, 3.63) is 35.4 Å². The third kappa shape index (κ3) is 2.88. The average molecular weight is 244 g/mol. The molecule has 2 atom stereocenters. The van der Waals surface area contributed by atoms with Gasteiger partial charge in [-0.2, -0.15) is 5.26 Å². The van der Waals surface area contributed by atoms with Crippen LogP contribution < -0.4 is 5.32 Å². The van der Waals surface area contributed by atoms with Gasteiger partial charge in [0.2, 0.25) is 0 Å². The first-order valence-electron chi connectivity index (χ1n) is 6.20. The minimum Gasteiger partial charge on any atom is -0.391 e. The summed E-state index contributed by atoms with van der Waals surface area (Å²) in [5, 5.41) is 21.3. The number of amides is 1. The molecule has 2 rings (SSSR count). The van der Waals surface area contributed by atoms with Crippen LogP contribution in [0.4, 0.5) is 0 Å². The molecule has 0 bridgehead atoms. The highest BCUT2D eigenvalue weighted by molar-refractivity contribution is 5.94. The largest absolute Gasteiger partial charge is 0.391 e. The van der Waals surface area contributed by atoms with E-state index in [0.29, 0.717) is 11.1 Å². The fourth-order valence-electron chi connectivity index (χ4n) is 2.23. The molecule has 0 aliphatic heterocycles. The van der Waals surface area contributed by atoms with Gasteiger partial charge in [0.1, 0.15) is 0 Å². The summed E-state index contributed by atoms with van der Waals surface area (Å²) >= 11 is 0. The SMILES string of the molecule is N#Cc1ccc(C(=O)NC2CCCCC2O)cc1. The highest BCUT2D eigenvalue weighted by Crippen LogP contribution is 2.18. The fourth-order valence-corrected chi connectivity index (χ4v) is 2.23. The molecule has 4 heteroatoms. The number of hydrogen-bond acceptors (Lipinski definition) is 3. The predicted molar refractivity (Wildman–Crippen MR) is 66.9 cm³/mol. The zero-order valence-corrected chi connectivity index (χ0v) is 10.1. The van der Waals surface area contributed by atoms with Crippen molar-refractivity contribution >= 4 is 5.91 Å². The normalized spacial score (nSPS) is 23.1. The first kappa shape index (κ1) is 12.6. The molecule has 1 aromatic carbocycles. The Balaban J connectivity index is 2.00. The maximum absolute atomic E-state index is 12.0. The minimum absolute atomic E-state index is 0.151. The Morgan fingerprint density at radius 2 is 1.94 bits per heavy atom. The average Bonchev–Trinajstić information content (AvgIpc) is 2.41. The number of nitrogens with zero attached hydrogens (tertiary/aromatic N) is 1. The van der Waals surface area contributed by atoms with Crippen LogP contribution in [-0.2, 0) is 0 Å². The summed E-state index contributed by atoms with van der Waals surface area (Å²) in [4.78, 5) is 12.0. The van der Waals surface area contributed by atoms with Crippen molar-refractivity contribution in [2.24, 2.45) is 0 Å². The number of carbonyl (C=O) groups excluding carboxylic acids is 1.